The molecule has 1 aromatic heterocycles. The van der Waals surface area contributed by atoms with Crippen LogP contribution in [0.4, 0.5) is 0 Å². The first-order chi connectivity index (χ1) is 13.0. The maximum atomic E-state index is 12.6. The van der Waals surface area contributed by atoms with E-state index in [4.69, 9.17) is 27.9 Å². The van der Waals surface area contributed by atoms with Crippen LogP contribution in [0.25, 0.3) is 0 Å². The summed E-state index contributed by atoms with van der Waals surface area (Å²) in [5.74, 6) is 0.710. The van der Waals surface area contributed by atoms with Crippen molar-refractivity contribution < 1.29 is 9.53 Å². The second-order valence-electron chi connectivity index (χ2n) is 6.06. The molecule has 0 aliphatic rings. The Morgan fingerprint density at radius 3 is 2.70 bits per heavy atom. The number of hydrogen-bond donors (Lipinski definition) is 1. The van der Waals surface area contributed by atoms with Crippen molar-refractivity contribution >= 4 is 29.1 Å². The Kier molecular flexibility index (Phi) is 6.32. The Balaban J connectivity index is 1.70. The third-order valence-corrected chi connectivity index (χ3v) is 4.33. The molecule has 4 nitrogen and oxygen atoms in total. The summed E-state index contributed by atoms with van der Waals surface area (Å²) >= 11 is 12.0. The highest BCUT2D eigenvalue weighted by molar-refractivity contribution is 6.30. The van der Waals surface area contributed by atoms with Gasteiger partial charge in [-0.15, -0.1) is 0 Å². The smallest absolute Gasteiger partial charge is 0.255 e. The molecule has 2 aromatic carbocycles. The van der Waals surface area contributed by atoms with Gasteiger partial charge in [-0.2, -0.15) is 0 Å². The Bertz CT molecular complexity index is 960. The Morgan fingerprint density at radius 2 is 1.93 bits per heavy atom. The van der Waals surface area contributed by atoms with Crippen LogP contribution < -0.4 is 10.1 Å². The third kappa shape index (κ3) is 5.46. The highest BCUT2D eigenvalue weighted by Crippen LogP contribution is 2.27. The molecule has 0 fully saturated rings. The van der Waals surface area contributed by atoms with E-state index in [-0.39, 0.29) is 11.1 Å². The molecular formula is C21H18Cl2N2O2. The van der Waals surface area contributed by atoms with Gasteiger partial charge in [0.2, 0.25) is 0 Å². The third-order valence-electron chi connectivity index (χ3n) is 3.88. The van der Waals surface area contributed by atoms with Gasteiger partial charge < -0.3 is 10.1 Å². The summed E-state index contributed by atoms with van der Waals surface area (Å²) in [6, 6.07) is 16.6. The van der Waals surface area contributed by atoms with Crippen LogP contribution in [0.3, 0.4) is 0 Å². The average molecular weight is 401 g/mol. The molecule has 1 N–H and O–H groups in total. The molecule has 0 aliphatic heterocycles. The van der Waals surface area contributed by atoms with Crippen LogP contribution in [-0.2, 0) is 6.42 Å². The van der Waals surface area contributed by atoms with E-state index < -0.39 is 0 Å². The number of hydrogen-bond acceptors (Lipinski definition) is 3. The van der Waals surface area contributed by atoms with Gasteiger partial charge in [0.05, 0.1) is 11.8 Å². The minimum Gasteiger partial charge on any atom is -0.455 e. The van der Waals surface area contributed by atoms with Crippen LogP contribution in [0.5, 0.6) is 11.5 Å². The molecule has 0 saturated carbocycles. The number of carbonyl (C=O) groups excluding carboxylic acids is 1. The summed E-state index contributed by atoms with van der Waals surface area (Å²) in [5.41, 5.74) is 2.44. The summed E-state index contributed by atoms with van der Waals surface area (Å²) in [6.07, 6.45) is 2.12. The first-order valence-electron chi connectivity index (χ1n) is 8.44. The number of amides is 1. The van der Waals surface area contributed by atoms with Gasteiger partial charge >= 0.3 is 0 Å². The highest BCUT2D eigenvalue weighted by Gasteiger charge is 2.15. The largest absolute Gasteiger partial charge is 0.455 e. The Labute approximate surface area is 168 Å². The number of carbonyl (C=O) groups is 1. The summed E-state index contributed by atoms with van der Waals surface area (Å²) in [7, 11) is 0. The molecule has 6 heteroatoms. The topological polar surface area (TPSA) is 51.2 Å². The van der Waals surface area contributed by atoms with Gasteiger partial charge in [-0.3, -0.25) is 4.79 Å². The number of rotatable bonds is 6. The lowest BCUT2D eigenvalue weighted by atomic mass is 10.1. The van der Waals surface area contributed by atoms with Crippen molar-refractivity contribution in [1.29, 1.82) is 0 Å². The van der Waals surface area contributed by atoms with Gasteiger partial charge in [-0.25, -0.2) is 4.98 Å². The van der Waals surface area contributed by atoms with Crippen LogP contribution in [-0.4, -0.2) is 17.4 Å². The van der Waals surface area contributed by atoms with Gasteiger partial charge in [0.15, 0.2) is 5.75 Å². The van der Waals surface area contributed by atoms with Crippen molar-refractivity contribution in [3.63, 3.8) is 0 Å². The zero-order chi connectivity index (χ0) is 19.2. The molecular weight excluding hydrogens is 383 g/mol. The highest BCUT2D eigenvalue weighted by atomic mass is 35.5. The lowest BCUT2D eigenvalue weighted by Gasteiger charge is -2.12. The predicted molar refractivity (Wildman–Crippen MR) is 108 cm³/mol. The van der Waals surface area contributed by atoms with Crippen LogP contribution >= 0.6 is 23.2 Å². The molecule has 0 spiro atoms. The van der Waals surface area contributed by atoms with E-state index in [1.54, 1.807) is 0 Å². The van der Waals surface area contributed by atoms with E-state index in [2.05, 4.69) is 10.3 Å². The summed E-state index contributed by atoms with van der Waals surface area (Å²) in [4.78, 5) is 16.7. The van der Waals surface area contributed by atoms with Gasteiger partial charge in [0, 0.05) is 11.6 Å². The number of benzene rings is 2. The summed E-state index contributed by atoms with van der Waals surface area (Å²) in [6.45, 7) is 2.43. The lowest BCUT2D eigenvalue weighted by molar-refractivity contribution is 0.0951. The van der Waals surface area contributed by atoms with Crippen molar-refractivity contribution in [2.24, 2.45) is 0 Å². The molecule has 0 radical (unpaired) electrons. The van der Waals surface area contributed by atoms with Crippen LogP contribution in [0.2, 0.25) is 10.2 Å². The van der Waals surface area contributed by atoms with Gasteiger partial charge in [-0.1, -0.05) is 47.5 Å². The van der Waals surface area contributed by atoms with Crippen molar-refractivity contribution in [3.8, 4) is 11.5 Å². The zero-order valence-electron chi connectivity index (χ0n) is 14.7. The normalized spacial score (nSPS) is 10.5. The van der Waals surface area contributed by atoms with Crippen LogP contribution in [0.1, 0.15) is 21.5 Å². The van der Waals surface area contributed by atoms with Crippen molar-refractivity contribution in [2.75, 3.05) is 6.54 Å². The maximum Gasteiger partial charge on any atom is 0.255 e. The van der Waals surface area contributed by atoms with Gasteiger partial charge in [0.25, 0.3) is 5.91 Å². The molecule has 0 aliphatic carbocycles. The van der Waals surface area contributed by atoms with Crippen molar-refractivity contribution in [3.05, 3.63) is 87.7 Å². The van der Waals surface area contributed by atoms with Crippen molar-refractivity contribution in [2.45, 2.75) is 13.3 Å². The van der Waals surface area contributed by atoms with Gasteiger partial charge in [-0.05, 0) is 54.8 Å². The fraction of sp³-hybridized carbons (Fsp3) is 0.143. The second-order valence-corrected chi connectivity index (χ2v) is 6.88. The molecule has 0 bridgehead atoms. The average Bonchev–Trinajstić information content (AvgIpc) is 2.63. The maximum absolute atomic E-state index is 12.6. The van der Waals surface area contributed by atoms with E-state index in [0.29, 0.717) is 35.1 Å². The van der Waals surface area contributed by atoms with E-state index in [1.165, 1.54) is 12.3 Å². The first kappa shape index (κ1) is 19.2. The zero-order valence-corrected chi connectivity index (χ0v) is 16.2. The minimum absolute atomic E-state index is 0.228. The molecule has 1 amide bonds. The lowest BCUT2D eigenvalue weighted by Crippen LogP contribution is -2.26. The quantitative estimate of drug-likeness (QED) is 0.558. The number of aromatic nitrogens is 1. The number of nitrogens with one attached hydrogen (secondary N) is 1. The molecule has 1 heterocycles. The molecule has 27 heavy (non-hydrogen) atoms. The monoisotopic (exact) mass is 400 g/mol. The molecule has 138 valence electrons. The van der Waals surface area contributed by atoms with E-state index in [9.17, 15) is 4.79 Å². The van der Waals surface area contributed by atoms with Crippen LogP contribution in [0.15, 0.2) is 60.8 Å². The Hall–Kier alpha value is -2.56. The number of aryl methyl sites for hydroxylation is 1. The standard InChI is InChI=1S/C21H18Cl2N2O2/c1-14-4-2-7-17(10-14)27-19-13-25-20(23)12-18(19)21(26)24-9-8-15-5-3-6-16(22)11-15/h2-7,10-13H,8-9H2,1H3,(H,24,26). The second kappa shape index (κ2) is 8.89. The van der Waals surface area contributed by atoms with Crippen molar-refractivity contribution in [1.82, 2.24) is 10.3 Å². The van der Waals surface area contributed by atoms with E-state index in [1.807, 2.05) is 55.5 Å². The molecule has 0 saturated heterocycles. The fourth-order valence-electron chi connectivity index (χ4n) is 2.59. The number of pyridine rings is 1. The first-order valence-corrected chi connectivity index (χ1v) is 9.19. The predicted octanol–water partition coefficient (Wildman–Crippen LogP) is 5.46. The summed E-state index contributed by atoms with van der Waals surface area (Å²) < 4.78 is 5.85. The SMILES string of the molecule is Cc1cccc(Oc2cnc(Cl)cc2C(=O)NCCc2cccc(Cl)c2)c1. The fourth-order valence-corrected chi connectivity index (χ4v) is 2.96. The minimum atomic E-state index is -0.274. The van der Waals surface area contributed by atoms with E-state index in [0.717, 1.165) is 11.1 Å². The number of halogens is 2. The molecule has 0 unspecified atom stereocenters. The number of nitrogens with zero attached hydrogens (tertiary/aromatic N) is 1. The molecule has 3 rings (SSSR count). The Morgan fingerprint density at radius 1 is 1.11 bits per heavy atom. The van der Waals surface area contributed by atoms with Crippen LogP contribution in [0, 0.1) is 6.92 Å². The van der Waals surface area contributed by atoms with E-state index >= 15 is 0 Å². The molecule has 3 aromatic rings. The number of ether oxygens (including phenoxy) is 1. The molecule has 0 atom stereocenters. The van der Waals surface area contributed by atoms with Gasteiger partial charge in [0.1, 0.15) is 10.9 Å². The summed E-state index contributed by atoms with van der Waals surface area (Å²) in [5, 5.41) is 3.79.